The van der Waals surface area contributed by atoms with Crippen LogP contribution in [0.25, 0.3) is 16.3 Å². The Bertz CT molecular complexity index is 678. The Labute approximate surface area is 132 Å². The normalized spacial score (nSPS) is 15.8. The van der Waals surface area contributed by atoms with Crippen molar-refractivity contribution in [2.45, 2.75) is 12.8 Å². The summed E-state index contributed by atoms with van der Waals surface area (Å²) in [6.45, 7) is 4.02. The van der Waals surface area contributed by atoms with Gasteiger partial charge in [0.05, 0.1) is 7.11 Å². The van der Waals surface area contributed by atoms with Gasteiger partial charge < -0.3 is 10.5 Å². The van der Waals surface area contributed by atoms with Crippen molar-refractivity contribution in [1.82, 2.24) is 4.90 Å². The quantitative estimate of drug-likeness (QED) is 0.920. The van der Waals surface area contributed by atoms with Crippen LogP contribution in [-0.2, 0) is 0 Å². The summed E-state index contributed by atoms with van der Waals surface area (Å²) in [5.41, 5.74) is 8.39. The summed E-state index contributed by atoms with van der Waals surface area (Å²) in [6.07, 6.45) is 4.55. The lowest BCUT2D eigenvalue weighted by molar-refractivity contribution is 0.300. The topological polar surface area (TPSA) is 38.5 Å². The van der Waals surface area contributed by atoms with Crippen molar-refractivity contribution in [3.8, 4) is 5.75 Å². The van der Waals surface area contributed by atoms with Crippen LogP contribution in [0.1, 0.15) is 18.4 Å². The van der Waals surface area contributed by atoms with Crippen molar-refractivity contribution in [2.24, 2.45) is 5.73 Å². The lowest BCUT2D eigenvalue weighted by Crippen LogP contribution is -2.30. The number of nitrogens with two attached hydrogens (primary N) is 1. The molecule has 1 aliphatic heterocycles. The maximum Gasteiger partial charge on any atom is 0.119 e. The fourth-order valence-corrected chi connectivity index (χ4v) is 3.13. The predicted molar refractivity (Wildman–Crippen MR) is 93.2 cm³/mol. The van der Waals surface area contributed by atoms with Crippen molar-refractivity contribution >= 4 is 16.3 Å². The summed E-state index contributed by atoms with van der Waals surface area (Å²) in [6, 6.07) is 12.8. The first-order chi connectivity index (χ1) is 10.8. The molecule has 1 aliphatic rings. The van der Waals surface area contributed by atoms with Gasteiger partial charge in [-0.1, -0.05) is 30.3 Å². The van der Waals surface area contributed by atoms with Gasteiger partial charge >= 0.3 is 0 Å². The molecule has 3 heteroatoms. The summed E-state index contributed by atoms with van der Waals surface area (Å²) >= 11 is 0. The highest BCUT2D eigenvalue weighted by Gasteiger charge is 2.14. The van der Waals surface area contributed by atoms with E-state index in [1.807, 2.05) is 6.07 Å². The van der Waals surface area contributed by atoms with Crippen LogP contribution >= 0.6 is 0 Å². The van der Waals surface area contributed by atoms with Crippen LogP contribution in [-0.4, -0.2) is 38.2 Å². The Hall–Kier alpha value is -1.84. The summed E-state index contributed by atoms with van der Waals surface area (Å²) in [4.78, 5) is 2.47. The van der Waals surface area contributed by atoms with Crippen molar-refractivity contribution in [3.05, 3.63) is 48.0 Å². The van der Waals surface area contributed by atoms with E-state index < -0.39 is 0 Å². The Morgan fingerprint density at radius 1 is 1.23 bits per heavy atom. The van der Waals surface area contributed by atoms with Crippen LogP contribution < -0.4 is 10.5 Å². The zero-order valence-electron chi connectivity index (χ0n) is 13.2. The summed E-state index contributed by atoms with van der Waals surface area (Å²) in [5, 5.41) is 2.55. The second kappa shape index (κ2) is 6.95. The zero-order valence-corrected chi connectivity index (χ0v) is 13.2. The van der Waals surface area contributed by atoms with Crippen LogP contribution in [0.15, 0.2) is 42.5 Å². The minimum atomic E-state index is 0.774. The molecular formula is C19H24N2O. The smallest absolute Gasteiger partial charge is 0.119 e. The van der Waals surface area contributed by atoms with Gasteiger partial charge in [0.25, 0.3) is 0 Å². The first kappa shape index (κ1) is 15.1. The Morgan fingerprint density at radius 3 is 2.86 bits per heavy atom. The van der Waals surface area contributed by atoms with Gasteiger partial charge in [-0.3, -0.25) is 4.90 Å². The number of rotatable bonds is 5. The van der Waals surface area contributed by atoms with Crippen molar-refractivity contribution in [2.75, 3.05) is 33.3 Å². The van der Waals surface area contributed by atoms with Crippen molar-refractivity contribution < 1.29 is 4.74 Å². The number of hydrogen-bond acceptors (Lipinski definition) is 3. The minimum Gasteiger partial charge on any atom is -0.497 e. The summed E-state index contributed by atoms with van der Waals surface area (Å²) < 4.78 is 5.39. The van der Waals surface area contributed by atoms with Gasteiger partial charge in [0, 0.05) is 13.1 Å². The average molecular weight is 296 g/mol. The van der Waals surface area contributed by atoms with Crippen LogP contribution in [0.4, 0.5) is 0 Å². The van der Waals surface area contributed by atoms with Crippen molar-refractivity contribution in [3.63, 3.8) is 0 Å². The number of methoxy groups -OCH3 is 1. The van der Waals surface area contributed by atoms with Gasteiger partial charge in [0.2, 0.25) is 0 Å². The lowest BCUT2D eigenvalue weighted by Gasteiger charge is -2.26. The fourth-order valence-electron chi connectivity index (χ4n) is 3.13. The van der Waals surface area contributed by atoms with E-state index in [1.165, 1.54) is 21.9 Å². The molecule has 1 heterocycles. The molecule has 2 aromatic carbocycles. The molecule has 0 aliphatic carbocycles. The van der Waals surface area contributed by atoms with Crippen LogP contribution in [0.2, 0.25) is 0 Å². The maximum absolute atomic E-state index is 5.60. The number of ether oxygens (including phenoxy) is 1. The van der Waals surface area contributed by atoms with Crippen LogP contribution in [0.3, 0.4) is 0 Å². The van der Waals surface area contributed by atoms with E-state index >= 15 is 0 Å². The molecule has 2 N–H and O–H groups in total. The fraction of sp³-hybridized carbons (Fsp3) is 0.368. The van der Waals surface area contributed by atoms with E-state index in [1.54, 1.807) is 7.11 Å². The van der Waals surface area contributed by atoms with Gasteiger partial charge in [-0.15, -0.1) is 0 Å². The van der Waals surface area contributed by atoms with Crippen LogP contribution in [0, 0.1) is 0 Å². The zero-order chi connectivity index (χ0) is 15.4. The number of benzene rings is 2. The maximum atomic E-state index is 5.60. The molecule has 0 radical (unpaired) electrons. The second-order valence-corrected chi connectivity index (χ2v) is 5.81. The highest BCUT2D eigenvalue weighted by molar-refractivity contribution is 5.94. The molecular weight excluding hydrogens is 272 g/mol. The van der Waals surface area contributed by atoms with E-state index in [9.17, 15) is 0 Å². The molecule has 3 rings (SSSR count). The van der Waals surface area contributed by atoms with Gasteiger partial charge in [-0.25, -0.2) is 0 Å². The molecule has 0 unspecified atom stereocenters. The largest absolute Gasteiger partial charge is 0.497 e. The molecule has 0 amide bonds. The Kier molecular flexibility index (Phi) is 4.76. The molecule has 0 bridgehead atoms. The predicted octanol–water partition coefficient (Wildman–Crippen LogP) is 3.29. The van der Waals surface area contributed by atoms with E-state index in [4.69, 9.17) is 10.5 Å². The van der Waals surface area contributed by atoms with E-state index in [0.717, 1.165) is 44.8 Å². The number of hydrogen-bond donors (Lipinski definition) is 1. The van der Waals surface area contributed by atoms with Gasteiger partial charge in [-0.2, -0.15) is 0 Å². The monoisotopic (exact) mass is 296 g/mol. The van der Waals surface area contributed by atoms with E-state index in [0.29, 0.717) is 0 Å². The van der Waals surface area contributed by atoms with Gasteiger partial charge in [-0.05, 0) is 60.0 Å². The highest BCUT2D eigenvalue weighted by Crippen LogP contribution is 2.31. The summed E-state index contributed by atoms with van der Waals surface area (Å²) in [5.74, 6) is 0.918. The van der Waals surface area contributed by atoms with E-state index in [-0.39, 0.29) is 0 Å². The number of fused-ring (bicyclic) bond motifs is 1. The van der Waals surface area contributed by atoms with Crippen molar-refractivity contribution in [1.29, 1.82) is 0 Å². The van der Waals surface area contributed by atoms with Crippen LogP contribution in [0.5, 0.6) is 5.75 Å². The average Bonchev–Trinajstić information content (AvgIpc) is 2.59. The Morgan fingerprint density at radius 2 is 2.14 bits per heavy atom. The highest BCUT2D eigenvalue weighted by atomic mass is 16.5. The first-order valence-electron chi connectivity index (χ1n) is 8.00. The molecule has 0 fully saturated rings. The lowest BCUT2D eigenvalue weighted by atomic mass is 9.94. The third-order valence-corrected chi connectivity index (χ3v) is 4.41. The molecule has 116 valence electrons. The third kappa shape index (κ3) is 3.16. The number of nitrogens with zero attached hydrogens (tertiary/aromatic N) is 1. The van der Waals surface area contributed by atoms with Gasteiger partial charge in [0.15, 0.2) is 0 Å². The molecule has 0 atom stereocenters. The molecule has 0 saturated carbocycles. The third-order valence-electron chi connectivity index (χ3n) is 4.41. The molecule has 22 heavy (non-hydrogen) atoms. The first-order valence-corrected chi connectivity index (χ1v) is 8.00. The SMILES string of the molecule is COc1ccc2cccc(C3=CCN(CCCN)CC3)c2c1. The molecule has 3 nitrogen and oxygen atoms in total. The Balaban J connectivity index is 1.89. The standard InChI is InChI=1S/C19H24N2O/c1-22-17-7-6-15-4-2-5-18(19(15)14-17)16-8-12-21(13-9-16)11-3-10-20/h2,4-8,14H,3,9-13,20H2,1H3. The molecule has 0 spiro atoms. The second-order valence-electron chi connectivity index (χ2n) is 5.81. The summed E-state index contributed by atoms with van der Waals surface area (Å²) in [7, 11) is 1.72. The molecule has 0 saturated heterocycles. The molecule has 2 aromatic rings. The molecule has 0 aromatic heterocycles. The van der Waals surface area contributed by atoms with E-state index in [2.05, 4.69) is 41.3 Å². The minimum absolute atomic E-state index is 0.774. The van der Waals surface area contributed by atoms with Gasteiger partial charge in [0.1, 0.15) is 5.75 Å².